The molecule has 1 unspecified atom stereocenters. The molecule has 1 fully saturated rings. The fourth-order valence-electron chi connectivity index (χ4n) is 1.45. The Morgan fingerprint density at radius 2 is 2.20 bits per heavy atom. The number of likely N-dealkylation sites (N-methyl/N-ethyl adjacent to an activating group) is 1. The minimum Gasteiger partial charge on any atom is -0.286 e. The van der Waals surface area contributed by atoms with Gasteiger partial charge in [0.15, 0.2) is 0 Å². The summed E-state index contributed by atoms with van der Waals surface area (Å²) in [6.45, 7) is 8.13. The van der Waals surface area contributed by atoms with Gasteiger partial charge in [-0.25, -0.2) is 4.31 Å². The molecular formula is C7H16N2S. The number of hydrogen-bond acceptors (Lipinski definition) is 3. The average Bonchev–Trinajstić information content (AvgIpc) is 2.30. The summed E-state index contributed by atoms with van der Waals surface area (Å²) in [5.41, 5.74) is 0. The molecule has 1 rings (SSSR count). The van der Waals surface area contributed by atoms with Crippen LogP contribution in [0.25, 0.3) is 0 Å². The lowest BCUT2D eigenvalue weighted by Crippen LogP contribution is -2.32. The SMILES string of the molecule is CCN1CCN(SC)C1C. The summed E-state index contributed by atoms with van der Waals surface area (Å²) in [5.74, 6) is 0. The topological polar surface area (TPSA) is 6.48 Å². The van der Waals surface area contributed by atoms with Gasteiger partial charge < -0.3 is 0 Å². The Hall–Kier alpha value is 0.270. The van der Waals surface area contributed by atoms with Crippen LogP contribution >= 0.6 is 11.9 Å². The Labute approximate surface area is 67.7 Å². The van der Waals surface area contributed by atoms with Gasteiger partial charge in [0, 0.05) is 13.1 Å². The van der Waals surface area contributed by atoms with Crippen molar-refractivity contribution in [3.8, 4) is 0 Å². The van der Waals surface area contributed by atoms with Crippen molar-refractivity contribution in [3.63, 3.8) is 0 Å². The van der Waals surface area contributed by atoms with E-state index >= 15 is 0 Å². The van der Waals surface area contributed by atoms with Gasteiger partial charge in [-0.3, -0.25) is 4.90 Å². The van der Waals surface area contributed by atoms with Crippen molar-refractivity contribution in [2.45, 2.75) is 20.0 Å². The highest BCUT2D eigenvalue weighted by molar-refractivity contribution is 7.96. The molecule has 0 amide bonds. The Kier molecular flexibility index (Phi) is 3.01. The van der Waals surface area contributed by atoms with E-state index in [1.807, 2.05) is 11.9 Å². The lowest BCUT2D eigenvalue weighted by Gasteiger charge is -2.23. The van der Waals surface area contributed by atoms with E-state index in [4.69, 9.17) is 0 Å². The van der Waals surface area contributed by atoms with Crippen molar-refractivity contribution >= 4 is 11.9 Å². The number of rotatable bonds is 2. The first-order valence-corrected chi connectivity index (χ1v) is 5.02. The molecule has 0 radical (unpaired) electrons. The maximum atomic E-state index is 2.48. The maximum absolute atomic E-state index is 2.48. The zero-order chi connectivity index (χ0) is 7.56. The molecule has 0 aromatic heterocycles. The third kappa shape index (κ3) is 1.47. The van der Waals surface area contributed by atoms with Crippen molar-refractivity contribution in [1.29, 1.82) is 0 Å². The third-order valence-corrected chi connectivity index (χ3v) is 3.15. The normalized spacial score (nSPS) is 29.7. The van der Waals surface area contributed by atoms with E-state index in [1.54, 1.807) is 0 Å². The summed E-state index contributed by atoms with van der Waals surface area (Å²) < 4.78 is 2.42. The van der Waals surface area contributed by atoms with Gasteiger partial charge in [0.25, 0.3) is 0 Å². The van der Waals surface area contributed by atoms with Gasteiger partial charge in [-0.2, -0.15) is 0 Å². The standard InChI is InChI=1S/C7H16N2S/c1-4-8-5-6-9(10-3)7(8)2/h7H,4-6H2,1-3H3. The van der Waals surface area contributed by atoms with E-state index in [-0.39, 0.29) is 0 Å². The Morgan fingerprint density at radius 3 is 2.50 bits per heavy atom. The monoisotopic (exact) mass is 160 g/mol. The van der Waals surface area contributed by atoms with Crippen LogP contribution < -0.4 is 0 Å². The highest BCUT2D eigenvalue weighted by Crippen LogP contribution is 2.19. The quantitative estimate of drug-likeness (QED) is 0.561. The van der Waals surface area contributed by atoms with Crippen molar-refractivity contribution < 1.29 is 0 Å². The fourth-order valence-corrected chi connectivity index (χ4v) is 2.15. The first-order chi connectivity index (χ1) is 4.79. The molecule has 0 aliphatic carbocycles. The second kappa shape index (κ2) is 3.60. The summed E-state index contributed by atoms with van der Waals surface area (Å²) in [5, 5.41) is 0. The van der Waals surface area contributed by atoms with Crippen molar-refractivity contribution in [2.24, 2.45) is 0 Å². The zero-order valence-corrected chi connectivity index (χ0v) is 7.82. The van der Waals surface area contributed by atoms with Gasteiger partial charge in [-0.1, -0.05) is 18.9 Å². The minimum atomic E-state index is 0.639. The van der Waals surface area contributed by atoms with Crippen LogP contribution in [0.1, 0.15) is 13.8 Å². The second-order valence-electron chi connectivity index (χ2n) is 2.58. The molecule has 0 bridgehead atoms. The number of hydrogen-bond donors (Lipinski definition) is 0. The molecule has 1 aliphatic heterocycles. The summed E-state index contributed by atoms with van der Waals surface area (Å²) in [4.78, 5) is 2.48. The average molecular weight is 160 g/mol. The molecule has 0 spiro atoms. The number of nitrogens with zero attached hydrogens (tertiary/aromatic N) is 2. The lowest BCUT2D eigenvalue weighted by molar-refractivity contribution is 0.230. The van der Waals surface area contributed by atoms with Crippen molar-refractivity contribution in [1.82, 2.24) is 9.21 Å². The Bertz CT molecular complexity index is 95.8. The predicted molar refractivity (Wildman–Crippen MR) is 46.9 cm³/mol. The Morgan fingerprint density at radius 1 is 1.50 bits per heavy atom. The van der Waals surface area contributed by atoms with Gasteiger partial charge in [0.1, 0.15) is 0 Å². The highest BCUT2D eigenvalue weighted by atomic mass is 32.2. The van der Waals surface area contributed by atoms with Crippen LogP contribution in [0.4, 0.5) is 0 Å². The molecule has 2 nitrogen and oxygen atoms in total. The Balaban J connectivity index is 2.41. The van der Waals surface area contributed by atoms with Crippen molar-refractivity contribution in [2.75, 3.05) is 25.9 Å². The van der Waals surface area contributed by atoms with Gasteiger partial charge in [0.2, 0.25) is 0 Å². The molecule has 1 atom stereocenters. The van der Waals surface area contributed by atoms with Crippen LogP contribution in [0, 0.1) is 0 Å². The first-order valence-electron chi connectivity index (χ1n) is 3.84. The van der Waals surface area contributed by atoms with Gasteiger partial charge in [0.05, 0.1) is 6.17 Å². The van der Waals surface area contributed by atoms with E-state index in [1.165, 1.54) is 19.6 Å². The van der Waals surface area contributed by atoms with Crippen LogP contribution in [0.3, 0.4) is 0 Å². The summed E-state index contributed by atoms with van der Waals surface area (Å²) >= 11 is 1.85. The van der Waals surface area contributed by atoms with E-state index in [0.717, 1.165) is 0 Å². The second-order valence-corrected chi connectivity index (χ2v) is 3.42. The van der Waals surface area contributed by atoms with Crippen LogP contribution in [0.2, 0.25) is 0 Å². The minimum absolute atomic E-state index is 0.639. The van der Waals surface area contributed by atoms with Crippen molar-refractivity contribution in [3.05, 3.63) is 0 Å². The molecular weight excluding hydrogens is 144 g/mol. The van der Waals surface area contributed by atoms with E-state index < -0.39 is 0 Å². The van der Waals surface area contributed by atoms with Crippen LogP contribution in [0.5, 0.6) is 0 Å². The molecule has 10 heavy (non-hydrogen) atoms. The maximum Gasteiger partial charge on any atom is 0.0693 e. The smallest absolute Gasteiger partial charge is 0.0693 e. The molecule has 1 heterocycles. The zero-order valence-electron chi connectivity index (χ0n) is 7.00. The molecule has 3 heteroatoms. The van der Waals surface area contributed by atoms with E-state index in [9.17, 15) is 0 Å². The van der Waals surface area contributed by atoms with Crippen LogP contribution in [-0.4, -0.2) is 41.3 Å². The molecule has 0 saturated carbocycles. The summed E-state index contributed by atoms with van der Waals surface area (Å²) in [6, 6.07) is 0. The van der Waals surface area contributed by atoms with E-state index in [2.05, 4.69) is 29.3 Å². The summed E-state index contributed by atoms with van der Waals surface area (Å²) in [7, 11) is 0. The largest absolute Gasteiger partial charge is 0.286 e. The molecule has 0 aromatic carbocycles. The molecule has 0 aromatic rings. The third-order valence-electron chi connectivity index (χ3n) is 2.19. The molecule has 0 N–H and O–H groups in total. The van der Waals surface area contributed by atoms with Crippen LogP contribution in [-0.2, 0) is 0 Å². The van der Waals surface area contributed by atoms with Gasteiger partial charge in [-0.05, 0) is 19.7 Å². The lowest BCUT2D eigenvalue weighted by atomic mass is 10.5. The predicted octanol–water partition coefficient (Wildman–Crippen LogP) is 1.25. The van der Waals surface area contributed by atoms with Gasteiger partial charge >= 0.3 is 0 Å². The molecule has 1 aliphatic rings. The van der Waals surface area contributed by atoms with Crippen LogP contribution in [0.15, 0.2) is 0 Å². The highest BCUT2D eigenvalue weighted by Gasteiger charge is 2.25. The molecule has 60 valence electrons. The molecule has 1 saturated heterocycles. The van der Waals surface area contributed by atoms with E-state index in [0.29, 0.717) is 6.17 Å². The van der Waals surface area contributed by atoms with Gasteiger partial charge in [-0.15, -0.1) is 0 Å². The summed E-state index contributed by atoms with van der Waals surface area (Å²) in [6.07, 6.45) is 2.79. The fraction of sp³-hybridized carbons (Fsp3) is 1.00. The first kappa shape index (κ1) is 8.37.